The van der Waals surface area contributed by atoms with Crippen molar-refractivity contribution < 1.29 is 9.53 Å². The van der Waals surface area contributed by atoms with E-state index in [1.54, 1.807) is 5.51 Å². The maximum absolute atomic E-state index is 12.0. The molecule has 0 aromatic carbocycles. The fraction of sp³-hybridized carbons (Fsp3) is 0.667. The fourth-order valence-corrected chi connectivity index (χ4v) is 2.73. The molecule has 0 saturated carbocycles. The van der Waals surface area contributed by atoms with Crippen molar-refractivity contribution >= 4 is 17.2 Å². The number of carbonyl (C=O) groups excluding carboxylic acids is 1. The molecule has 6 heteroatoms. The molecule has 1 aromatic heterocycles. The molecule has 0 spiro atoms. The fourth-order valence-electron chi connectivity index (χ4n) is 2.03. The molecule has 1 fully saturated rings. The third-order valence-corrected chi connectivity index (χ3v) is 3.89. The molecule has 1 aromatic rings. The lowest BCUT2D eigenvalue weighted by molar-refractivity contribution is 0.0342. The number of nitrogens with zero attached hydrogens (tertiary/aromatic N) is 2. The first-order valence-electron chi connectivity index (χ1n) is 6.18. The molecule has 1 aliphatic heterocycles. The zero-order valence-electron chi connectivity index (χ0n) is 10.8. The van der Waals surface area contributed by atoms with Gasteiger partial charge < -0.3 is 10.1 Å². The van der Waals surface area contributed by atoms with Crippen LogP contribution in [0.5, 0.6) is 0 Å². The largest absolute Gasteiger partial charge is 0.379 e. The van der Waals surface area contributed by atoms with Crippen molar-refractivity contribution in [3.8, 4) is 0 Å². The molecule has 1 saturated heterocycles. The van der Waals surface area contributed by atoms with Crippen LogP contribution in [-0.2, 0) is 4.74 Å². The minimum Gasteiger partial charge on any atom is -0.379 e. The Labute approximate surface area is 111 Å². The number of carbonyl (C=O) groups is 1. The van der Waals surface area contributed by atoms with E-state index in [0.29, 0.717) is 4.88 Å². The lowest BCUT2D eigenvalue weighted by atomic mass is 10.2. The van der Waals surface area contributed by atoms with Crippen molar-refractivity contribution in [3.05, 3.63) is 16.1 Å². The Hall–Kier alpha value is -0.980. The summed E-state index contributed by atoms with van der Waals surface area (Å²) in [6.07, 6.45) is 0. The molecule has 100 valence electrons. The van der Waals surface area contributed by atoms with Crippen LogP contribution in [0.25, 0.3) is 0 Å². The Morgan fingerprint density at radius 3 is 2.94 bits per heavy atom. The SMILES string of the molecule is Cc1ncsc1C(=O)NC(C)CN1CCOCC1. The van der Waals surface area contributed by atoms with Crippen LogP contribution in [0, 0.1) is 6.92 Å². The highest BCUT2D eigenvalue weighted by atomic mass is 32.1. The van der Waals surface area contributed by atoms with Crippen LogP contribution in [0.2, 0.25) is 0 Å². The normalized spacial score (nSPS) is 18.6. The number of nitrogens with one attached hydrogen (secondary N) is 1. The van der Waals surface area contributed by atoms with Gasteiger partial charge in [0.15, 0.2) is 0 Å². The van der Waals surface area contributed by atoms with Gasteiger partial charge in [0.2, 0.25) is 0 Å². The summed E-state index contributed by atoms with van der Waals surface area (Å²) in [5.74, 6) is -0.0178. The summed E-state index contributed by atoms with van der Waals surface area (Å²) in [6, 6.07) is 0.136. The molecule has 1 aliphatic rings. The Bertz CT molecular complexity index is 402. The van der Waals surface area contributed by atoms with Gasteiger partial charge in [0.1, 0.15) is 4.88 Å². The van der Waals surface area contributed by atoms with E-state index in [0.717, 1.165) is 38.5 Å². The van der Waals surface area contributed by atoms with Crippen LogP contribution in [0.4, 0.5) is 0 Å². The van der Waals surface area contributed by atoms with Crippen LogP contribution < -0.4 is 5.32 Å². The summed E-state index contributed by atoms with van der Waals surface area (Å²) >= 11 is 1.39. The minimum absolute atomic E-state index is 0.0178. The van der Waals surface area contributed by atoms with E-state index in [2.05, 4.69) is 15.2 Å². The van der Waals surface area contributed by atoms with E-state index in [-0.39, 0.29) is 11.9 Å². The monoisotopic (exact) mass is 269 g/mol. The molecule has 18 heavy (non-hydrogen) atoms. The lowest BCUT2D eigenvalue weighted by Crippen LogP contribution is -2.46. The Kier molecular flexibility index (Phi) is 4.68. The number of hydrogen-bond acceptors (Lipinski definition) is 5. The summed E-state index contributed by atoms with van der Waals surface area (Å²) in [7, 11) is 0. The topological polar surface area (TPSA) is 54.5 Å². The van der Waals surface area contributed by atoms with E-state index in [4.69, 9.17) is 4.74 Å². The summed E-state index contributed by atoms with van der Waals surface area (Å²) in [6.45, 7) is 8.22. The molecule has 1 unspecified atom stereocenters. The molecule has 0 radical (unpaired) electrons. The number of thiazole rings is 1. The van der Waals surface area contributed by atoms with Gasteiger partial charge in [-0.1, -0.05) is 0 Å². The zero-order valence-corrected chi connectivity index (χ0v) is 11.6. The number of morpholine rings is 1. The van der Waals surface area contributed by atoms with Crippen LogP contribution in [0.3, 0.4) is 0 Å². The van der Waals surface area contributed by atoms with E-state index in [1.807, 2.05) is 13.8 Å². The lowest BCUT2D eigenvalue weighted by Gasteiger charge is -2.29. The number of hydrogen-bond donors (Lipinski definition) is 1. The van der Waals surface area contributed by atoms with Crippen molar-refractivity contribution in [1.29, 1.82) is 0 Å². The molecule has 2 rings (SSSR count). The second-order valence-corrected chi connectivity index (χ2v) is 5.41. The van der Waals surface area contributed by atoms with Gasteiger partial charge in [-0.25, -0.2) is 4.98 Å². The summed E-state index contributed by atoms with van der Waals surface area (Å²) in [4.78, 5) is 19.1. The molecule has 1 amide bonds. The number of aromatic nitrogens is 1. The van der Waals surface area contributed by atoms with E-state index < -0.39 is 0 Å². The first kappa shape index (κ1) is 13.5. The van der Waals surface area contributed by atoms with Gasteiger partial charge in [0, 0.05) is 25.7 Å². The summed E-state index contributed by atoms with van der Waals surface area (Å²) < 4.78 is 5.30. The molecule has 1 atom stereocenters. The van der Waals surface area contributed by atoms with Crippen molar-refractivity contribution in [1.82, 2.24) is 15.2 Å². The van der Waals surface area contributed by atoms with Gasteiger partial charge in [0.05, 0.1) is 24.4 Å². The third kappa shape index (κ3) is 3.51. The average Bonchev–Trinajstić information content (AvgIpc) is 2.76. The average molecular weight is 269 g/mol. The van der Waals surface area contributed by atoms with Gasteiger partial charge in [-0.05, 0) is 13.8 Å². The molecule has 0 aliphatic carbocycles. The first-order chi connectivity index (χ1) is 8.66. The van der Waals surface area contributed by atoms with Gasteiger partial charge in [-0.15, -0.1) is 11.3 Å². The number of ether oxygens (including phenoxy) is 1. The smallest absolute Gasteiger partial charge is 0.263 e. The zero-order chi connectivity index (χ0) is 13.0. The predicted molar refractivity (Wildman–Crippen MR) is 71.0 cm³/mol. The number of rotatable bonds is 4. The number of aryl methyl sites for hydroxylation is 1. The van der Waals surface area contributed by atoms with Gasteiger partial charge in [-0.3, -0.25) is 9.69 Å². The van der Waals surface area contributed by atoms with Crippen molar-refractivity contribution in [2.75, 3.05) is 32.8 Å². The Balaban J connectivity index is 1.81. The second kappa shape index (κ2) is 6.26. The molecular formula is C12H19N3O2S. The Morgan fingerprint density at radius 1 is 1.61 bits per heavy atom. The van der Waals surface area contributed by atoms with Gasteiger partial charge in [0.25, 0.3) is 5.91 Å². The third-order valence-electron chi connectivity index (χ3n) is 2.97. The van der Waals surface area contributed by atoms with Gasteiger partial charge >= 0.3 is 0 Å². The molecule has 2 heterocycles. The standard InChI is InChI=1S/C12H19N3O2S/c1-9(7-15-3-5-17-6-4-15)14-12(16)11-10(2)13-8-18-11/h8-9H,3-7H2,1-2H3,(H,14,16). The maximum atomic E-state index is 12.0. The molecular weight excluding hydrogens is 250 g/mol. The maximum Gasteiger partial charge on any atom is 0.263 e. The van der Waals surface area contributed by atoms with Gasteiger partial charge in [-0.2, -0.15) is 0 Å². The predicted octanol–water partition coefficient (Wildman–Crippen LogP) is 0.902. The van der Waals surface area contributed by atoms with Crippen LogP contribution in [0.1, 0.15) is 22.3 Å². The van der Waals surface area contributed by atoms with Crippen molar-refractivity contribution in [2.45, 2.75) is 19.9 Å². The van der Waals surface area contributed by atoms with Crippen molar-refractivity contribution in [3.63, 3.8) is 0 Å². The van der Waals surface area contributed by atoms with Crippen LogP contribution >= 0.6 is 11.3 Å². The summed E-state index contributed by atoms with van der Waals surface area (Å²) in [5.41, 5.74) is 2.51. The molecule has 5 nitrogen and oxygen atoms in total. The molecule has 1 N–H and O–H groups in total. The highest BCUT2D eigenvalue weighted by Gasteiger charge is 2.17. The highest BCUT2D eigenvalue weighted by molar-refractivity contribution is 7.11. The van der Waals surface area contributed by atoms with Crippen LogP contribution in [0.15, 0.2) is 5.51 Å². The highest BCUT2D eigenvalue weighted by Crippen LogP contribution is 2.12. The number of amides is 1. The van der Waals surface area contributed by atoms with E-state index >= 15 is 0 Å². The Morgan fingerprint density at radius 2 is 2.33 bits per heavy atom. The molecule has 0 bridgehead atoms. The first-order valence-corrected chi connectivity index (χ1v) is 7.06. The second-order valence-electron chi connectivity index (χ2n) is 4.55. The van der Waals surface area contributed by atoms with Crippen LogP contribution in [-0.4, -0.2) is 54.7 Å². The summed E-state index contributed by atoms with van der Waals surface area (Å²) in [5, 5.41) is 3.02. The quantitative estimate of drug-likeness (QED) is 0.882. The van der Waals surface area contributed by atoms with Crippen molar-refractivity contribution in [2.24, 2.45) is 0 Å². The minimum atomic E-state index is -0.0178. The van der Waals surface area contributed by atoms with E-state index in [1.165, 1.54) is 11.3 Å². The van der Waals surface area contributed by atoms with E-state index in [9.17, 15) is 4.79 Å².